The van der Waals surface area contributed by atoms with E-state index in [1.165, 1.54) is 0 Å². The maximum Gasteiger partial charge on any atom is 0.304 e. The number of hydrogen-bond donors (Lipinski definition) is 2. The number of likely N-dealkylation sites (tertiary alicyclic amines) is 1. The van der Waals surface area contributed by atoms with Gasteiger partial charge in [0, 0.05) is 26.7 Å². The summed E-state index contributed by atoms with van der Waals surface area (Å²) < 4.78 is 5.02. The normalized spacial score (nSPS) is 29.4. The number of carbonyl (C=O) groups is 1. The Bertz CT molecular complexity index is 185. The van der Waals surface area contributed by atoms with Gasteiger partial charge in [-0.2, -0.15) is 0 Å². The van der Waals surface area contributed by atoms with Crippen molar-refractivity contribution >= 4 is 5.97 Å². The summed E-state index contributed by atoms with van der Waals surface area (Å²) in [5.74, 6) is -0.810. The standard InChI is InChI=1S/C8H15NO4/c1-13-7-5-9(4-6(7)10)3-2-8(11)12/h6-7,10H,2-5H2,1H3,(H,11,12)/t6-,7-/m0/s1. The van der Waals surface area contributed by atoms with Crippen molar-refractivity contribution in [1.82, 2.24) is 4.90 Å². The minimum atomic E-state index is -0.810. The zero-order valence-electron chi connectivity index (χ0n) is 7.64. The molecule has 5 nitrogen and oxygen atoms in total. The van der Waals surface area contributed by atoms with Crippen LogP contribution < -0.4 is 0 Å². The molecule has 0 aromatic heterocycles. The molecule has 0 aromatic rings. The Morgan fingerprint density at radius 2 is 2.31 bits per heavy atom. The molecule has 0 unspecified atom stereocenters. The molecule has 76 valence electrons. The number of β-amino-alcohol motifs (C(OH)–C–C–N with tert-alkyl or cyclic N) is 1. The van der Waals surface area contributed by atoms with E-state index >= 15 is 0 Å². The van der Waals surface area contributed by atoms with Crippen LogP contribution in [0.2, 0.25) is 0 Å². The second-order valence-electron chi connectivity index (χ2n) is 3.24. The molecule has 2 N–H and O–H groups in total. The highest BCUT2D eigenvalue weighted by molar-refractivity contribution is 5.66. The van der Waals surface area contributed by atoms with Crippen molar-refractivity contribution in [2.45, 2.75) is 18.6 Å². The highest BCUT2D eigenvalue weighted by Gasteiger charge is 2.30. The molecule has 0 bridgehead atoms. The fourth-order valence-electron chi connectivity index (χ4n) is 1.50. The Morgan fingerprint density at radius 3 is 2.77 bits per heavy atom. The molecule has 0 spiro atoms. The second-order valence-corrected chi connectivity index (χ2v) is 3.24. The van der Waals surface area contributed by atoms with E-state index in [4.69, 9.17) is 9.84 Å². The van der Waals surface area contributed by atoms with Crippen molar-refractivity contribution in [3.05, 3.63) is 0 Å². The van der Waals surface area contributed by atoms with E-state index in [1.807, 2.05) is 4.90 Å². The summed E-state index contributed by atoms with van der Waals surface area (Å²) >= 11 is 0. The number of rotatable bonds is 4. The lowest BCUT2D eigenvalue weighted by Gasteiger charge is -2.12. The summed E-state index contributed by atoms with van der Waals surface area (Å²) in [5, 5.41) is 17.9. The van der Waals surface area contributed by atoms with Gasteiger partial charge < -0.3 is 14.9 Å². The van der Waals surface area contributed by atoms with E-state index in [2.05, 4.69) is 0 Å². The summed E-state index contributed by atoms with van der Waals surface area (Å²) in [7, 11) is 1.55. The summed E-state index contributed by atoms with van der Waals surface area (Å²) in [6.45, 7) is 1.60. The van der Waals surface area contributed by atoms with Gasteiger partial charge in [-0.25, -0.2) is 0 Å². The van der Waals surface area contributed by atoms with Crippen LogP contribution in [-0.2, 0) is 9.53 Å². The van der Waals surface area contributed by atoms with Crippen molar-refractivity contribution in [2.24, 2.45) is 0 Å². The maximum absolute atomic E-state index is 10.3. The number of carboxylic acid groups (broad SMARTS) is 1. The van der Waals surface area contributed by atoms with E-state index in [0.717, 1.165) is 0 Å². The van der Waals surface area contributed by atoms with Gasteiger partial charge in [0.25, 0.3) is 0 Å². The van der Waals surface area contributed by atoms with Crippen LogP contribution in [0.15, 0.2) is 0 Å². The van der Waals surface area contributed by atoms with E-state index < -0.39 is 12.1 Å². The molecule has 1 fully saturated rings. The van der Waals surface area contributed by atoms with Gasteiger partial charge in [0.2, 0.25) is 0 Å². The lowest BCUT2D eigenvalue weighted by atomic mass is 10.3. The molecule has 0 radical (unpaired) electrons. The van der Waals surface area contributed by atoms with Gasteiger partial charge >= 0.3 is 5.97 Å². The molecule has 13 heavy (non-hydrogen) atoms. The number of aliphatic carboxylic acids is 1. The van der Waals surface area contributed by atoms with Crippen LogP contribution in [0, 0.1) is 0 Å². The fraction of sp³-hybridized carbons (Fsp3) is 0.875. The minimum absolute atomic E-state index is 0.114. The van der Waals surface area contributed by atoms with Crippen LogP contribution in [0.1, 0.15) is 6.42 Å². The number of nitrogens with zero attached hydrogens (tertiary/aromatic N) is 1. The van der Waals surface area contributed by atoms with Gasteiger partial charge in [-0.3, -0.25) is 9.69 Å². The van der Waals surface area contributed by atoms with Crippen LogP contribution in [0.4, 0.5) is 0 Å². The van der Waals surface area contributed by atoms with E-state index in [0.29, 0.717) is 19.6 Å². The van der Waals surface area contributed by atoms with Crippen molar-refractivity contribution in [3.8, 4) is 0 Å². The van der Waals surface area contributed by atoms with Crippen LogP contribution in [0.3, 0.4) is 0 Å². The smallest absolute Gasteiger partial charge is 0.304 e. The molecule has 5 heteroatoms. The summed E-state index contributed by atoms with van der Waals surface area (Å²) in [6, 6.07) is 0. The SMILES string of the molecule is CO[C@H]1CN(CCC(=O)O)C[C@@H]1O. The van der Waals surface area contributed by atoms with Gasteiger partial charge in [0.1, 0.15) is 0 Å². The topological polar surface area (TPSA) is 70.0 Å². The number of aliphatic hydroxyl groups is 1. The van der Waals surface area contributed by atoms with Gasteiger partial charge in [-0.1, -0.05) is 0 Å². The Balaban J connectivity index is 2.27. The highest BCUT2D eigenvalue weighted by Crippen LogP contribution is 2.12. The second kappa shape index (κ2) is 4.55. The lowest BCUT2D eigenvalue weighted by molar-refractivity contribution is -0.137. The van der Waals surface area contributed by atoms with Gasteiger partial charge in [0.15, 0.2) is 0 Å². The molecule has 1 saturated heterocycles. The third-order valence-corrected chi connectivity index (χ3v) is 2.26. The fourth-order valence-corrected chi connectivity index (χ4v) is 1.50. The zero-order valence-corrected chi connectivity index (χ0v) is 7.64. The third kappa shape index (κ3) is 2.95. The van der Waals surface area contributed by atoms with E-state index in [9.17, 15) is 9.90 Å². The number of methoxy groups -OCH3 is 1. The summed E-state index contributed by atoms with van der Waals surface area (Å²) in [5.41, 5.74) is 0. The predicted molar refractivity (Wildman–Crippen MR) is 45.5 cm³/mol. The molecule has 0 saturated carbocycles. The van der Waals surface area contributed by atoms with Gasteiger partial charge in [-0.05, 0) is 0 Å². The third-order valence-electron chi connectivity index (χ3n) is 2.26. The molecule has 0 aromatic carbocycles. The number of aliphatic hydroxyl groups excluding tert-OH is 1. The summed E-state index contributed by atoms with van der Waals surface area (Å²) in [6.07, 6.45) is -0.545. The number of carboxylic acids is 1. The molecule has 1 aliphatic rings. The Hall–Kier alpha value is -0.650. The predicted octanol–water partition coefficient (Wildman–Crippen LogP) is -0.847. The van der Waals surface area contributed by atoms with Gasteiger partial charge in [0.05, 0.1) is 18.6 Å². The first-order chi connectivity index (χ1) is 6.13. The number of ether oxygens (including phenoxy) is 1. The van der Waals surface area contributed by atoms with Crippen molar-refractivity contribution in [3.63, 3.8) is 0 Å². The first kappa shape index (κ1) is 10.4. The first-order valence-corrected chi connectivity index (χ1v) is 4.28. The molecular weight excluding hydrogens is 174 g/mol. The summed E-state index contributed by atoms with van der Waals surface area (Å²) in [4.78, 5) is 12.2. The van der Waals surface area contributed by atoms with Crippen molar-refractivity contribution < 1.29 is 19.7 Å². The maximum atomic E-state index is 10.3. The molecule has 1 rings (SSSR count). The van der Waals surface area contributed by atoms with Crippen molar-refractivity contribution in [2.75, 3.05) is 26.7 Å². The van der Waals surface area contributed by atoms with Crippen LogP contribution in [0.5, 0.6) is 0 Å². The molecule has 0 amide bonds. The highest BCUT2D eigenvalue weighted by atomic mass is 16.5. The number of hydrogen-bond acceptors (Lipinski definition) is 4. The molecule has 0 aliphatic carbocycles. The molecule has 2 atom stereocenters. The zero-order chi connectivity index (χ0) is 9.84. The molecule has 1 aliphatic heterocycles. The first-order valence-electron chi connectivity index (χ1n) is 4.28. The van der Waals surface area contributed by atoms with Gasteiger partial charge in [-0.15, -0.1) is 0 Å². The quantitative estimate of drug-likeness (QED) is 0.603. The Kier molecular flexibility index (Phi) is 3.65. The largest absolute Gasteiger partial charge is 0.481 e. The van der Waals surface area contributed by atoms with E-state index in [1.54, 1.807) is 7.11 Å². The average Bonchev–Trinajstić information content (AvgIpc) is 2.43. The van der Waals surface area contributed by atoms with Crippen LogP contribution in [0.25, 0.3) is 0 Å². The van der Waals surface area contributed by atoms with E-state index in [-0.39, 0.29) is 12.5 Å². The minimum Gasteiger partial charge on any atom is -0.481 e. The van der Waals surface area contributed by atoms with Crippen LogP contribution >= 0.6 is 0 Å². The Morgan fingerprint density at radius 1 is 1.62 bits per heavy atom. The monoisotopic (exact) mass is 189 g/mol. The molecule has 1 heterocycles. The average molecular weight is 189 g/mol. The van der Waals surface area contributed by atoms with Crippen molar-refractivity contribution in [1.29, 1.82) is 0 Å². The lowest BCUT2D eigenvalue weighted by Crippen LogP contribution is -2.25. The molecular formula is C8H15NO4. The Labute approximate surface area is 76.9 Å². The van der Waals surface area contributed by atoms with Crippen LogP contribution in [-0.4, -0.2) is 60.0 Å².